The lowest BCUT2D eigenvalue weighted by Crippen LogP contribution is -2.42. The second kappa shape index (κ2) is 20.7. The number of fused-ring (bicyclic) bond motifs is 7. The molecule has 85 heavy (non-hydrogen) atoms. The zero-order chi connectivity index (χ0) is 57.6. The number of halogens is 4. The molecule has 8 atom stereocenters. The van der Waals surface area contributed by atoms with Crippen LogP contribution in [-0.2, 0) is 10.8 Å². The number of rotatable bonds is 12. The van der Waals surface area contributed by atoms with E-state index in [-0.39, 0.29) is 47.8 Å². The van der Waals surface area contributed by atoms with Crippen molar-refractivity contribution in [2.75, 3.05) is 9.80 Å². The van der Waals surface area contributed by atoms with Crippen molar-refractivity contribution in [1.82, 2.24) is 0 Å². The van der Waals surface area contributed by atoms with Gasteiger partial charge in [0.1, 0.15) is 35.5 Å². The summed E-state index contributed by atoms with van der Waals surface area (Å²) in [6.45, 7) is 8.19. The van der Waals surface area contributed by atoms with Gasteiger partial charge in [-0.3, -0.25) is 0 Å². The molecule has 0 spiro atoms. The molecule has 416 valence electrons. The first kappa shape index (κ1) is 52.4. The zero-order valence-electron chi connectivity index (χ0n) is 46.8. The average Bonchev–Trinajstić information content (AvgIpc) is 1.62. The minimum absolute atomic E-state index is 0.197. The highest BCUT2D eigenvalue weighted by molar-refractivity contribution is 5.94. The van der Waals surface area contributed by atoms with E-state index in [1.165, 1.54) is 41.0 Å². The van der Waals surface area contributed by atoms with Crippen LogP contribution >= 0.6 is 0 Å². The van der Waals surface area contributed by atoms with Gasteiger partial charge in [0.15, 0.2) is 0 Å². The van der Waals surface area contributed by atoms with E-state index in [2.05, 4.69) is 169 Å². The topological polar surface area (TPSA) is 15.7 Å². The fourth-order valence-corrected chi connectivity index (χ4v) is 15.4. The van der Waals surface area contributed by atoms with Crippen LogP contribution in [0.1, 0.15) is 76.1 Å². The van der Waals surface area contributed by atoms with Crippen LogP contribution in [0.25, 0.3) is 17.2 Å². The Morgan fingerprint density at radius 2 is 1.08 bits per heavy atom. The number of hydrogen-bond donors (Lipinski definition) is 0. The third-order valence-electron chi connectivity index (χ3n) is 19.0. The summed E-state index contributed by atoms with van der Waals surface area (Å²) in [6, 6.07) is 52.0. The van der Waals surface area contributed by atoms with E-state index in [9.17, 15) is 0 Å². The smallest absolute Gasteiger partial charge is 0.130 e. The van der Waals surface area contributed by atoms with Crippen molar-refractivity contribution in [3.05, 3.63) is 352 Å². The van der Waals surface area contributed by atoms with Crippen LogP contribution < -0.4 is 14.5 Å². The largest absolute Gasteiger partial charge is 0.485 e. The Morgan fingerprint density at radius 3 is 1.67 bits per heavy atom. The molecule has 0 radical (unpaired) electrons. The first-order chi connectivity index (χ1) is 41.7. The lowest BCUT2D eigenvalue weighted by atomic mass is 9.62. The zero-order valence-corrected chi connectivity index (χ0v) is 46.8. The highest BCUT2D eigenvalue weighted by atomic mass is 19.1. The van der Waals surface area contributed by atoms with Crippen molar-refractivity contribution in [2.24, 2.45) is 5.92 Å². The molecule has 7 aromatic rings. The quantitative estimate of drug-likeness (QED) is 0.0896. The summed E-state index contributed by atoms with van der Waals surface area (Å²) in [4.78, 5) is 4.73. The fourth-order valence-electron chi connectivity index (χ4n) is 15.4. The number of alkyl halides is 1. The fraction of sp³-hybridized carbons (Fsp3) is 0.154. The van der Waals surface area contributed by atoms with E-state index in [1.807, 2.05) is 66.8 Å². The van der Waals surface area contributed by atoms with Crippen molar-refractivity contribution >= 4 is 34.3 Å². The molecule has 3 nitrogen and oxygen atoms in total. The summed E-state index contributed by atoms with van der Waals surface area (Å²) in [7, 11) is 0. The first-order valence-electron chi connectivity index (χ1n) is 29.5. The molecule has 1 aliphatic heterocycles. The maximum atomic E-state index is 15.3. The molecule has 0 amide bonds. The summed E-state index contributed by atoms with van der Waals surface area (Å²) in [5.41, 5.74) is 17.4. The number of anilines is 3. The summed E-state index contributed by atoms with van der Waals surface area (Å²) in [5.74, 6) is -0.430. The van der Waals surface area contributed by atoms with E-state index in [4.69, 9.17) is 4.74 Å². The second-order valence-corrected chi connectivity index (χ2v) is 23.3. The second-order valence-electron chi connectivity index (χ2n) is 23.3. The standard InChI is InChI=1S/C78H60F4N2O/c1-3-49-19-23-51(24-20-49)77(53-27-31-55(79)32-28-53)67-13-7-5-11-63(67)65-45-43-61(47-69(65)77)83(59-39-35-57(81)36-40-59)71-15-9-17-73-75(71)76-72(16-10-18-74(76)85-73)84(60-41-37-58(82)38-42-60)62-44-46-66-64-12-6-8-14-68(64)78(70(66)48-62,54-29-33-56(80)34-30-54)52-25-21-50(4-2)22-26-52/h3-21,23-33,35-46,50,56,61-62,73,75H,1-2,22,34,47-48H2. The van der Waals surface area contributed by atoms with Crippen LogP contribution in [0.3, 0.4) is 0 Å². The lowest BCUT2D eigenvalue weighted by Gasteiger charge is -2.44. The van der Waals surface area contributed by atoms with Crippen molar-refractivity contribution in [3.63, 3.8) is 0 Å². The number of hydrogen-bond acceptors (Lipinski definition) is 3. The van der Waals surface area contributed by atoms with Crippen LogP contribution in [0.4, 0.5) is 34.6 Å². The maximum absolute atomic E-state index is 15.3. The van der Waals surface area contributed by atoms with Crippen LogP contribution in [0.2, 0.25) is 0 Å². The van der Waals surface area contributed by atoms with Crippen LogP contribution in [0.5, 0.6) is 5.75 Å². The monoisotopic (exact) mass is 1120 g/mol. The molecule has 7 aromatic carbocycles. The molecule has 15 rings (SSSR count). The molecule has 0 aromatic heterocycles. The first-order valence-corrected chi connectivity index (χ1v) is 29.5. The third-order valence-corrected chi connectivity index (χ3v) is 19.0. The number of allylic oxidation sites excluding steroid dienone is 15. The van der Waals surface area contributed by atoms with Crippen molar-refractivity contribution in [2.45, 2.75) is 66.8 Å². The molecule has 7 aliphatic carbocycles. The van der Waals surface area contributed by atoms with Gasteiger partial charge in [-0.2, -0.15) is 0 Å². The Bertz CT molecular complexity index is 4230. The minimum atomic E-state index is -1.07. The number of ether oxygens (including phenoxy) is 1. The van der Waals surface area contributed by atoms with Crippen molar-refractivity contribution in [1.29, 1.82) is 0 Å². The van der Waals surface area contributed by atoms with E-state index in [0.29, 0.717) is 12.8 Å². The highest BCUT2D eigenvalue weighted by Crippen LogP contribution is 2.62. The van der Waals surface area contributed by atoms with Crippen LogP contribution in [-0.4, -0.2) is 24.4 Å². The number of benzene rings is 7. The molecule has 0 bridgehead atoms. The van der Waals surface area contributed by atoms with E-state index in [1.54, 1.807) is 18.2 Å². The van der Waals surface area contributed by atoms with Crippen LogP contribution in [0, 0.1) is 23.4 Å². The summed E-state index contributed by atoms with van der Waals surface area (Å²) in [5, 5.41) is 0. The van der Waals surface area contributed by atoms with Gasteiger partial charge in [0.2, 0.25) is 0 Å². The Labute approximate surface area is 494 Å². The molecule has 8 aliphatic rings. The maximum Gasteiger partial charge on any atom is 0.130 e. The number of nitrogens with zero attached hydrogens (tertiary/aromatic N) is 2. The predicted octanol–water partition coefficient (Wildman–Crippen LogP) is 18.8. The minimum Gasteiger partial charge on any atom is -0.485 e. The van der Waals surface area contributed by atoms with Crippen LogP contribution in [0.15, 0.2) is 290 Å². The van der Waals surface area contributed by atoms with Gasteiger partial charge in [0, 0.05) is 34.7 Å². The Balaban J connectivity index is 0.873. The molecule has 1 heterocycles. The van der Waals surface area contributed by atoms with Crippen molar-refractivity contribution < 1.29 is 22.3 Å². The van der Waals surface area contributed by atoms with Gasteiger partial charge in [-0.15, -0.1) is 6.58 Å². The van der Waals surface area contributed by atoms with E-state index < -0.39 is 23.1 Å². The molecule has 0 saturated carbocycles. The van der Waals surface area contributed by atoms with Gasteiger partial charge in [0.05, 0.1) is 28.8 Å². The molecule has 7 heteroatoms. The van der Waals surface area contributed by atoms with Crippen molar-refractivity contribution in [3.8, 4) is 5.75 Å². The molecular weight excluding hydrogens is 1060 g/mol. The van der Waals surface area contributed by atoms with Gasteiger partial charge in [-0.1, -0.05) is 177 Å². The molecule has 0 fully saturated rings. The Kier molecular flexibility index (Phi) is 12.8. The summed E-state index contributed by atoms with van der Waals surface area (Å²) in [6.07, 6.45) is 32.7. The van der Waals surface area contributed by atoms with Gasteiger partial charge >= 0.3 is 0 Å². The van der Waals surface area contributed by atoms with Gasteiger partial charge in [0.25, 0.3) is 0 Å². The van der Waals surface area contributed by atoms with Gasteiger partial charge < -0.3 is 14.5 Å². The predicted molar refractivity (Wildman–Crippen MR) is 337 cm³/mol. The molecule has 0 N–H and O–H groups in total. The molecule has 8 unspecified atom stereocenters. The van der Waals surface area contributed by atoms with Gasteiger partial charge in [-0.05, 0) is 183 Å². The molecular formula is C78H60F4N2O. The molecule has 0 saturated heterocycles. The lowest BCUT2D eigenvalue weighted by molar-refractivity contribution is 0.263. The highest BCUT2D eigenvalue weighted by Gasteiger charge is 2.53. The SMILES string of the molecule is C=Cc1ccc(C2(c3ccc(F)cc3)C3=C(C=CC(N(C4=CC=CC5Oc6cccc(N(c7ccc(F)cc7)C7C=CC8=C(C7)C(C7=CCC(F)C=C7)(C7=CCC(C=C)C=C7)c7ccccc78)c6C45)c4ccc(F)cc4)C3)c3ccccc32)cc1. The average molecular weight is 1120 g/mol. The summed E-state index contributed by atoms with van der Waals surface area (Å²) < 4.78 is 68.1. The van der Waals surface area contributed by atoms with Gasteiger partial charge in [-0.25, -0.2) is 17.6 Å². The van der Waals surface area contributed by atoms with E-state index >= 15 is 17.6 Å². The normalized spacial score (nSPS) is 25.4. The van der Waals surface area contributed by atoms with E-state index in [0.717, 1.165) is 96.2 Å². The third kappa shape index (κ3) is 8.21. The Morgan fingerprint density at radius 1 is 0.529 bits per heavy atom. The Hall–Kier alpha value is -9.46. The summed E-state index contributed by atoms with van der Waals surface area (Å²) >= 11 is 0.